The third-order valence-corrected chi connectivity index (χ3v) is 7.04. The Morgan fingerprint density at radius 3 is 2.63 bits per heavy atom. The highest BCUT2D eigenvalue weighted by Crippen LogP contribution is 2.26. The summed E-state index contributed by atoms with van der Waals surface area (Å²) in [6.07, 6.45) is 3.86. The van der Waals surface area contributed by atoms with Crippen LogP contribution < -0.4 is 5.32 Å². The number of piperidine rings is 1. The third-order valence-electron chi connectivity index (χ3n) is 6.79. The number of hydrogen-bond acceptors (Lipinski definition) is 6. The summed E-state index contributed by atoms with van der Waals surface area (Å²) in [6.45, 7) is 4.52. The van der Waals surface area contributed by atoms with Crippen LogP contribution in [0.5, 0.6) is 0 Å². The van der Waals surface area contributed by atoms with Crippen molar-refractivity contribution in [3.8, 4) is 11.1 Å². The van der Waals surface area contributed by atoms with Gasteiger partial charge in [0.1, 0.15) is 6.10 Å². The maximum Gasteiger partial charge on any atom is 0.224 e. The van der Waals surface area contributed by atoms with Gasteiger partial charge >= 0.3 is 0 Å². The third kappa shape index (κ3) is 7.95. The Balaban J connectivity index is 1.17. The largest absolute Gasteiger partial charge is 0.381 e. The molecule has 0 bridgehead atoms. The van der Waals surface area contributed by atoms with Gasteiger partial charge in [0, 0.05) is 42.0 Å². The first-order valence-corrected chi connectivity index (χ1v) is 13.4. The van der Waals surface area contributed by atoms with E-state index in [-0.39, 0.29) is 17.8 Å². The molecule has 1 aliphatic heterocycles. The molecule has 0 spiro atoms. The molecule has 1 aromatic heterocycles. The molecule has 1 unspecified atom stereocenters. The van der Waals surface area contributed by atoms with E-state index in [1.165, 1.54) is 6.92 Å². The molecular weight excluding hydrogens is 502 g/mol. The Hall–Kier alpha value is -3.10. The molecule has 2 heterocycles. The van der Waals surface area contributed by atoms with Gasteiger partial charge in [-0.1, -0.05) is 41.9 Å². The number of amides is 1. The van der Waals surface area contributed by atoms with E-state index < -0.39 is 6.10 Å². The van der Waals surface area contributed by atoms with Crippen LogP contribution in [0.25, 0.3) is 11.1 Å². The van der Waals surface area contributed by atoms with Crippen molar-refractivity contribution in [3.63, 3.8) is 0 Å². The SMILES string of the molecule is CC(=O)C(O)c1cccc(NC(=O)CCCN2CCC(OCc3ncccc3-c3ccc(Cl)cc3)CC2)c1. The molecule has 200 valence electrons. The summed E-state index contributed by atoms with van der Waals surface area (Å²) < 4.78 is 6.24. The monoisotopic (exact) mass is 535 g/mol. The minimum atomic E-state index is -1.17. The zero-order valence-electron chi connectivity index (χ0n) is 21.6. The lowest BCUT2D eigenvalue weighted by molar-refractivity contribution is -0.125. The van der Waals surface area contributed by atoms with Crippen LogP contribution in [0.3, 0.4) is 0 Å². The number of aliphatic hydroxyl groups is 1. The molecule has 2 N–H and O–H groups in total. The molecule has 0 radical (unpaired) electrons. The summed E-state index contributed by atoms with van der Waals surface area (Å²) >= 11 is 6.04. The fourth-order valence-electron chi connectivity index (χ4n) is 4.65. The average Bonchev–Trinajstić information content (AvgIpc) is 2.93. The fraction of sp³-hybridized carbons (Fsp3) is 0.367. The molecule has 1 saturated heterocycles. The van der Waals surface area contributed by atoms with Gasteiger partial charge in [0.25, 0.3) is 0 Å². The van der Waals surface area contributed by atoms with E-state index in [0.717, 1.165) is 55.7 Å². The van der Waals surface area contributed by atoms with Gasteiger partial charge in [-0.05, 0) is 74.2 Å². The molecule has 1 aliphatic rings. The molecule has 1 amide bonds. The molecule has 0 aliphatic carbocycles. The second-order valence-corrected chi connectivity index (χ2v) is 10.1. The standard InChI is InChI=1S/C30H34ClN3O4/c1-21(35)30(37)23-5-2-6-25(19-23)33-29(36)8-4-16-34-17-13-26(14-18-34)38-20-28-27(7-3-15-32-28)22-9-11-24(31)12-10-22/h2-3,5-7,9-12,15,19,26,30,37H,4,8,13-14,16-18,20H2,1H3,(H,33,36). The highest BCUT2D eigenvalue weighted by molar-refractivity contribution is 6.30. The Labute approximate surface area is 228 Å². The van der Waals surface area contributed by atoms with Crippen molar-refractivity contribution in [2.45, 2.75) is 51.4 Å². The number of ketones is 1. The first-order chi connectivity index (χ1) is 18.4. The Kier molecular flexibility index (Phi) is 10.0. The first-order valence-electron chi connectivity index (χ1n) is 13.0. The molecule has 38 heavy (non-hydrogen) atoms. The summed E-state index contributed by atoms with van der Waals surface area (Å²) in [5.41, 5.74) is 4.11. The van der Waals surface area contributed by atoms with E-state index in [4.69, 9.17) is 16.3 Å². The van der Waals surface area contributed by atoms with Gasteiger partial charge in [0.05, 0.1) is 18.4 Å². The van der Waals surface area contributed by atoms with Crippen LogP contribution in [-0.2, 0) is 20.9 Å². The van der Waals surface area contributed by atoms with Gasteiger partial charge in [0.15, 0.2) is 5.78 Å². The van der Waals surface area contributed by atoms with E-state index in [1.807, 2.05) is 30.3 Å². The number of aromatic nitrogens is 1. The highest BCUT2D eigenvalue weighted by atomic mass is 35.5. The maximum absolute atomic E-state index is 12.4. The van der Waals surface area contributed by atoms with Crippen LogP contribution in [0.4, 0.5) is 5.69 Å². The highest BCUT2D eigenvalue weighted by Gasteiger charge is 2.20. The van der Waals surface area contributed by atoms with Crippen molar-refractivity contribution in [1.82, 2.24) is 9.88 Å². The number of likely N-dealkylation sites (tertiary alicyclic amines) is 1. The van der Waals surface area contributed by atoms with Gasteiger partial charge < -0.3 is 20.1 Å². The molecule has 1 atom stereocenters. The lowest BCUT2D eigenvalue weighted by Crippen LogP contribution is -2.37. The van der Waals surface area contributed by atoms with Gasteiger partial charge in [-0.2, -0.15) is 0 Å². The Morgan fingerprint density at radius 2 is 1.89 bits per heavy atom. The minimum absolute atomic E-state index is 0.0791. The van der Waals surface area contributed by atoms with Gasteiger partial charge in [-0.25, -0.2) is 0 Å². The smallest absolute Gasteiger partial charge is 0.224 e. The number of carbonyl (C=O) groups is 2. The zero-order chi connectivity index (χ0) is 26.9. The second-order valence-electron chi connectivity index (χ2n) is 9.65. The number of pyridine rings is 1. The molecule has 1 fully saturated rings. The quantitative estimate of drug-likeness (QED) is 0.340. The minimum Gasteiger partial charge on any atom is -0.381 e. The Bertz CT molecular complexity index is 1230. The van der Waals surface area contributed by atoms with Crippen LogP contribution in [0, 0.1) is 0 Å². The average molecular weight is 536 g/mol. The summed E-state index contributed by atoms with van der Waals surface area (Å²) in [6, 6.07) is 18.5. The molecule has 2 aromatic carbocycles. The molecule has 7 nitrogen and oxygen atoms in total. The molecule has 8 heteroatoms. The molecular formula is C30H34ClN3O4. The number of ether oxygens (including phenoxy) is 1. The molecule has 3 aromatic rings. The second kappa shape index (κ2) is 13.6. The van der Waals surface area contributed by atoms with E-state index in [1.54, 1.807) is 30.5 Å². The van der Waals surface area contributed by atoms with Crippen molar-refractivity contribution >= 4 is 29.0 Å². The predicted molar refractivity (Wildman–Crippen MR) is 149 cm³/mol. The Morgan fingerprint density at radius 1 is 1.13 bits per heavy atom. The lowest BCUT2D eigenvalue weighted by Gasteiger charge is -2.31. The van der Waals surface area contributed by atoms with Crippen molar-refractivity contribution in [2.24, 2.45) is 0 Å². The summed E-state index contributed by atoms with van der Waals surface area (Å²) in [7, 11) is 0. The predicted octanol–water partition coefficient (Wildman–Crippen LogP) is 5.42. The molecule has 4 rings (SSSR count). The number of halogens is 1. The van der Waals surface area contributed by atoms with E-state index >= 15 is 0 Å². The fourth-order valence-corrected chi connectivity index (χ4v) is 4.78. The van der Waals surface area contributed by atoms with E-state index in [2.05, 4.69) is 21.3 Å². The number of carbonyl (C=O) groups excluding carboxylic acids is 2. The molecule has 0 saturated carbocycles. The first kappa shape index (κ1) is 27.9. The van der Waals surface area contributed by atoms with Crippen molar-refractivity contribution in [3.05, 3.63) is 83.1 Å². The number of aliphatic hydroxyl groups excluding tert-OH is 1. The van der Waals surface area contributed by atoms with Crippen LogP contribution in [0.2, 0.25) is 5.02 Å². The van der Waals surface area contributed by atoms with E-state index in [9.17, 15) is 14.7 Å². The zero-order valence-corrected chi connectivity index (χ0v) is 22.4. The number of benzene rings is 2. The number of rotatable bonds is 11. The number of anilines is 1. The number of hydrogen-bond donors (Lipinski definition) is 2. The van der Waals surface area contributed by atoms with Crippen molar-refractivity contribution in [1.29, 1.82) is 0 Å². The van der Waals surface area contributed by atoms with E-state index in [0.29, 0.717) is 29.3 Å². The van der Waals surface area contributed by atoms with Crippen molar-refractivity contribution < 1.29 is 19.4 Å². The van der Waals surface area contributed by atoms with Crippen LogP contribution in [0.1, 0.15) is 50.0 Å². The summed E-state index contributed by atoms with van der Waals surface area (Å²) in [4.78, 5) is 30.7. The lowest BCUT2D eigenvalue weighted by atomic mass is 10.0. The topological polar surface area (TPSA) is 91.8 Å². The van der Waals surface area contributed by atoms with Crippen LogP contribution in [-0.4, -0.2) is 52.4 Å². The van der Waals surface area contributed by atoms with Crippen LogP contribution in [0.15, 0.2) is 66.9 Å². The van der Waals surface area contributed by atoms with Gasteiger partial charge in [-0.15, -0.1) is 0 Å². The van der Waals surface area contributed by atoms with Gasteiger partial charge in [-0.3, -0.25) is 14.6 Å². The van der Waals surface area contributed by atoms with Gasteiger partial charge in [0.2, 0.25) is 5.91 Å². The number of nitrogens with zero attached hydrogens (tertiary/aromatic N) is 2. The van der Waals surface area contributed by atoms with Crippen molar-refractivity contribution in [2.75, 3.05) is 25.0 Å². The maximum atomic E-state index is 12.4. The number of Topliss-reactive ketones (excluding diaryl/α,β-unsaturated/α-hetero) is 1. The number of nitrogens with one attached hydrogen (secondary N) is 1. The summed E-state index contributed by atoms with van der Waals surface area (Å²) in [5.74, 6) is -0.411. The summed E-state index contributed by atoms with van der Waals surface area (Å²) in [5, 5.41) is 13.5. The van der Waals surface area contributed by atoms with Crippen LogP contribution >= 0.6 is 11.6 Å². The normalized spacial score (nSPS) is 15.2.